The zero-order valence-electron chi connectivity index (χ0n) is 20.4. The van der Waals surface area contributed by atoms with Crippen LogP contribution in [0.25, 0.3) is 0 Å². The summed E-state index contributed by atoms with van der Waals surface area (Å²) >= 11 is 0. The van der Waals surface area contributed by atoms with Gasteiger partial charge in [-0.25, -0.2) is 9.97 Å². The number of piperidine rings is 3. The van der Waals surface area contributed by atoms with E-state index in [0.717, 1.165) is 73.9 Å². The predicted octanol–water partition coefficient (Wildman–Crippen LogP) is 1.04. The van der Waals surface area contributed by atoms with Crippen LogP contribution in [0.4, 0.5) is 0 Å². The molecule has 0 amide bonds. The molecule has 0 unspecified atom stereocenters. The van der Waals surface area contributed by atoms with E-state index in [1.165, 1.54) is 19.2 Å². The smallest absolute Gasteiger partial charge is 0.317 e. The molecule has 0 spiro atoms. The fourth-order valence-corrected chi connectivity index (χ4v) is 6.58. The van der Waals surface area contributed by atoms with E-state index in [9.17, 15) is 9.59 Å². The number of nitrogens with zero attached hydrogens (tertiary/aromatic N) is 3. The van der Waals surface area contributed by atoms with E-state index in [0.29, 0.717) is 18.9 Å². The predicted molar refractivity (Wildman–Crippen MR) is 129 cm³/mol. The minimum absolute atomic E-state index is 0. The summed E-state index contributed by atoms with van der Waals surface area (Å²) in [6.45, 7) is 3.25. The zero-order chi connectivity index (χ0) is 23.4. The number of fused-ring (bicyclic) bond motifs is 3. The molecule has 3 saturated heterocycles. The molecule has 1 aromatic heterocycles. The zero-order valence-corrected chi connectivity index (χ0v) is 21.2. The topological polar surface area (TPSA) is 69.2 Å². The van der Waals surface area contributed by atoms with Gasteiger partial charge < -0.3 is 21.6 Å². The minimum Gasteiger partial charge on any atom is -1.00 e. The van der Waals surface area contributed by atoms with Crippen molar-refractivity contribution in [2.24, 2.45) is 5.92 Å². The molecule has 2 aromatic rings. The van der Waals surface area contributed by atoms with Crippen molar-refractivity contribution >= 4 is 11.8 Å². The molecule has 188 valence electrons. The van der Waals surface area contributed by atoms with Crippen LogP contribution in [0.3, 0.4) is 0 Å². The second-order valence-corrected chi connectivity index (χ2v) is 10.7. The Kier molecular flexibility index (Phi) is 8.23. The molecule has 6 rings (SSSR count). The van der Waals surface area contributed by atoms with Crippen LogP contribution in [0.5, 0.6) is 0 Å². The molecule has 0 N–H and O–H groups in total. The summed E-state index contributed by atoms with van der Waals surface area (Å²) in [5, 5.41) is 0. The van der Waals surface area contributed by atoms with Crippen LogP contribution in [0.15, 0.2) is 48.9 Å². The highest BCUT2D eigenvalue weighted by atomic mass is 35.5. The number of rotatable bonds is 7. The average Bonchev–Trinajstić information content (AvgIpc) is 3.13. The highest BCUT2D eigenvalue weighted by molar-refractivity contribution is 5.83. The van der Waals surface area contributed by atoms with E-state index in [1.54, 1.807) is 12.3 Å². The number of Topliss-reactive ketones (excluding diaryl/α,β-unsaturated/α-hetero) is 1. The Balaban J connectivity index is 0.00000289. The Morgan fingerprint density at radius 2 is 1.71 bits per heavy atom. The van der Waals surface area contributed by atoms with Gasteiger partial charge in [0.1, 0.15) is 19.4 Å². The van der Waals surface area contributed by atoms with Gasteiger partial charge >= 0.3 is 5.97 Å². The molecule has 1 aromatic carbocycles. The van der Waals surface area contributed by atoms with E-state index >= 15 is 0 Å². The molecule has 1 saturated carbocycles. The van der Waals surface area contributed by atoms with Gasteiger partial charge in [0.05, 0.1) is 30.6 Å². The molecule has 4 aliphatic rings. The lowest BCUT2D eigenvalue weighted by molar-refractivity contribution is -0.939. The van der Waals surface area contributed by atoms with Crippen LogP contribution < -0.4 is 12.4 Å². The van der Waals surface area contributed by atoms with Crippen LogP contribution in [-0.2, 0) is 26.2 Å². The molecule has 4 heterocycles. The molecular formula is C28H36ClN3O3. The standard InChI is InChI=1S/C28H36N3O3.ClH/c32-25(18-24-10-15-29-21-30-24)19-31-16-11-22(12-17-31)26(20-31)34-27(33)28(13-6-1-2-7-14-28)23-8-4-3-5-9-23;/h3-5,8-10,15,21-22,26H,1-2,6-7,11-14,16-20H2;1H/q+1;/p-1/t22?,26-,31?;/m0./s1. The number of quaternary nitrogens is 1. The fourth-order valence-electron chi connectivity index (χ4n) is 6.58. The van der Waals surface area contributed by atoms with Crippen molar-refractivity contribution in [2.45, 2.75) is 69.3 Å². The lowest BCUT2D eigenvalue weighted by Crippen LogP contribution is -3.00. The first kappa shape index (κ1) is 25.8. The number of carbonyl (C=O) groups is 2. The van der Waals surface area contributed by atoms with Crippen LogP contribution >= 0.6 is 0 Å². The van der Waals surface area contributed by atoms with Crippen molar-refractivity contribution in [3.8, 4) is 0 Å². The van der Waals surface area contributed by atoms with Gasteiger partial charge in [-0.2, -0.15) is 0 Å². The molecule has 6 nitrogen and oxygen atoms in total. The minimum atomic E-state index is -0.530. The Morgan fingerprint density at radius 1 is 1.00 bits per heavy atom. The van der Waals surface area contributed by atoms with Gasteiger partial charge in [-0.3, -0.25) is 9.59 Å². The number of ketones is 1. The molecule has 3 aliphatic heterocycles. The number of hydrogen-bond donors (Lipinski definition) is 0. The molecule has 35 heavy (non-hydrogen) atoms. The summed E-state index contributed by atoms with van der Waals surface area (Å²) in [5.74, 6) is 0.581. The summed E-state index contributed by atoms with van der Waals surface area (Å²) < 4.78 is 7.16. The van der Waals surface area contributed by atoms with Crippen molar-refractivity contribution in [3.63, 3.8) is 0 Å². The third-order valence-electron chi connectivity index (χ3n) is 8.51. The Labute approximate surface area is 214 Å². The van der Waals surface area contributed by atoms with E-state index < -0.39 is 5.41 Å². The number of hydrogen-bond acceptors (Lipinski definition) is 5. The van der Waals surface area contributed by atoms with Gasteiger partial charge in [-0.05, 0) is 24.5 Å². The van der Waals surface area contributed by atoms with Gasteiger partial charge in [0.2, 0.25) is 0 Å². The van der Waals surface area contributed by atoms with Crippen LogP contribution in [0.2, 0.25) is 0 Å². The van der Waals surface area contributed by atoms with E-state index in [-0.39, 0.29) is 30.3 Å². The van der Waals surface area contributed by atoms with Gasteiger partial charge in [-0.1, -0.05) is 56.0 Å². The van der Waals surface area contributed by atoms with Gasteiger partial charge in [0.25, 0.3) is 0 Å². The summed E-state index contributed by atoms with van der Waals surface area (Å²) in [7, 11) is 0. The number of halogens is 1. The maximum atomic E-state index is 13.9. The van der Waals surface area contributed by atoms with Gasteiger partial charge in [-0.15, -0.1) is 0 Å². The monoisotopic (exact) mass is 497 g/mol. The third kappa shape index (κ3) is 5.59. The summed E-state index contributed by atoms with van der Waals surface area (Å²) in [6, 6.07) is 12.1. The first-order valence-electron chi connectivity index (χ1n) is 13.0. The van der Waals surface area contributed by atoms with Crippen LogP contribution in [0.1, 0.15) is 62.6 Å². The molecule has 2 bridgehead atoms. The van der Waals surface area contributed by atoms with E-state index in [1.807, 2.05) is 18.2 Å². The summed E-state index contributed by atoms with van der Waals surface area (Å²) in [6.07, 6.45) is 11.7. The van der Waals surface area contributed by atoms with Crippen molar-refractivity contribution in [1.29, 1.82) is 0 Å². The quantitative estimate of drug-likeness (QED) is 0.325. The molecule has 1 aliphatic carbocycles. The van der Waals surface area contributed by atoms with E-state index in [2.05, 4.69) is 22.1 Å². The SMILES string of the molecule is O=C(Cc1ccncn1)C[N+]12CCC(CC1)[C@@H](OC(=O)C1(c3ccccc3)CCCCCC1)C2.[Cl-]. The molecular weight excluding hydrogens is 462 g/mol. The Morgan fingerprint density at radius 3 is 2.37 bits per heavy atom. The number of benzene rings is 1. The van der Waals surface area contributed by atoms with Crippen molar-refractivity contribution < 1.29 is 31.2 Å². The molecule has 1 atom stereocenters. The summed E-state index contributed by atoms with van der Waals surface area (Å²) in [4.78, 5) is 35.0. The summed E-state index contributed by atoms with van der Waals surface area (Å²) in [5.41, 5.74) is 1.34. The van der Waals surface area contributed by atoms with Crippen molar-refractivity contribution in [3.05, 3.63) is 60.2 Å². The fraction of sp³-hybridized carbons (Fsp3) is 0.571. The lowest BCUT2D eigenvalue weighted by Gasteiger charge is -2.52. The average molecular weight is 498 g/mol. The molecule has 0 radical (unpaired) electrons. The lowest BCUT2D eigenvalue weighted by atomic mass is 9.74. The van der Waals surface area contributed by atoms with Gasteiger partial charge in [0.15, 0.2) is 11.9 Å². The highest BCUT2D eigenvalue weighted by Crippen LogP contribution is 2.42. The second-order valence-electron chi connectivity index (χ2n) is 10.7. The van der Waals surface area contributed by atoms with Crippen molar-refractivity contribution in [2.75, 3.05) is 26.2 Å². The van der Waals surface area contributed by atoms with Crippen LogP contribution in [-0.4, -0.2) is 58.5 Å². The largest absolute Gasteiger partial charge is 1.00 e. The number of esters is 1. The first-order chi connectivity index (χ1) is 16.6. The number of aromatic nitrogens is 2. The van der Waals surface area contributed by atoms with Crippen molar-refractivity contribution in [1.82, 2.24) is 9.97 Å². The maximum Gasteiger partial charge on any atom is 0.317 e. The van der Waals surface area contributed by atoms with E-state index in [4.69, 9.17) is 4.74 Å². The maximum absolute atomic E-state index is 13.9. The Bertz CT molecular complexity index is 985. The van der Waals surface area contributed by atoms with Gasteiger partial charge in [0, 0.05) is 25.0 Å². The Hall–Kier alpha value is -2.31. The second kappa shape index (κ2) is 11.2. The molecule has 7 heteroatoms. The van der Waals surface area contributed by atoms with Crippen LogP contribution in [0, 0.1) is 5.92 Å². The number of ether oxygens (including phenoxy) is 1. The third-order valence-corrected chi connectivity index (χ3v) is 8.51. The highest BCUT2D eigenvalue weighted by Gasteiger charge is 2.50. The number of carbonyl (C=O) groups excluding carboxylic acids is 2. The molecule has 4 fully saturated rings. The normalized spacial score (nSPS) is 27.3. The first-order valence-corrected chi connectivity index (χ1v) is 13.0.